The first kappa shape index (κ1) is 17.5. The van der Waals surface area contributed by atoms with Crippen molar-refractivity contribution in [3.63, 3.8) is 0 Å². The zero-order valence-corrected chi connectivity index (χ0v) is 12.1. The topological polar surface area (TPSA) is 87.1 Å². The van der Waals surface area contributed by atoms with Crippen molar-refractivity contribution in [2.75, 3.05) is 46.8 Å². The van der Waals surface area contributed by atoms with Gasteiger partial charge in [-0.3, -0.25) is 4.98 Å². The highest BCUT2D eigenvalue weighted by atomic mass is 16.6. The lowest BCUT2D eigenvalue weighted by molar-refractivity contribution is 0.000464. The summed E-state index contributed by atoms with van der Waals surface area (Å²) in [7, 11) is 1.63. The molecule has 0 amide bonds. The Morgan fingerprint density at radius 2 is 1.67 bits per heavy atom. The zero-order chi connectivity index (χ0) is 15.3. The molecule has 7 heteroatoms. The molecule has 1 N–H and O–H groups in total. The first-order valence-electron chi connectivity index (χ1n) is 6.64. The molecule has 0 saturated heterocycles. The van der Waals surface area contributed by atoms with Crippen LogP contribution >= 0.6 is 0 Å². The lowest BCUT2D eigenvalue weighted by Gasteiger charge is -2.06. The smallest absolute Gasteiger partial charge is 0.337 e. The molecule has 0 aliphatic carbocycles. The minimum absolute atomic E-state index is 0.163. The lowest BCUT2D eigenvalue weighted by atomic mass is 10.2. The van der Waals surface area contributed by atoms with E-state index in [1.807, 2.05) is 0 Å². The number of carboxylic acids is 1. The molecule has 1 rings (SSSR count). The first-order valence-corrected chi connectivity index (χ1v) is 6.64. The summed E-state index contributed by atoms with van der Waals surface area (Å²) in [4.78, 5) is 14.6. The highest BCUT2D eigenvalue weighted by molar-refractivity contribution is 5.87. The van der Waals surface area contributed by atoms with Crippen LogP contribution in [0.5, 0.6) is 0 Å². The van der Waals surface area contributed by atoms with Gasteiger partial charge in [-0.15, -0.1) is 0 Å². The van der Waals surface area contributed by atoms with Gasteiger partial charge in [0.25, 0.3) is 0 Å². The van der Waals surface area contributed by atoms with E-state index in [1.54, 1.807) is 13.2 Å². The van der Waals surface area contributed by atoms with Gasteiger partial charge < -0.3 is 24.1 Å². The van der Waals surface area contributed by atoms with E-state index in [0.717, 1.165) is 0 Å². The predicted molar refractivity (Wildman–Crippen MR) is 74.4 cm³/mol. The molecule has 0 aromatic carbocycles. The average Bonchev–Trinajstić information content (AvgIpc) is 2.49. The Hall–Kier alpha value is -1.54. The minimum Gasteiger partial charge on any atom is -0.478 e. The number of hydrogen-bond donors (Lipinski definition) is 1. The van der Waals surface area contributed by atoms with Crippen LogP contribution in [0.2, 0.25) is 0 Å². The number of carboxylic acid groups (broad SMARTS) is 1. The van der Waals surface area contributed by atoms with Gasteiger partial charge in [-0.1, -0.05) is 0 Å². The maximum atomic E-state index is 10.7. The van der Waals surface area contributed by atoms with Crippen LogP contribution < -0.4 is 0 Å². The maximum absolute atomic E-state index is 10.7. The summed E-state index contributed by atoms with van der Waals surface area (Å²) < 4.78 is 20.8. The van der Waals surface area contributed by atoms with E-state index in [4.69, 9.17) is 24.1 Å². The SMILES string of the molecule is COCCOCCOCCOCc1ccc(C(=O)O)cn1. The predicted octanol–water partition coefficient (Wildman–Crippen LogP) is 0.976. The fraction of sp³-hybridized carbons (Fsp3) is 0.571. The molecule has 0 atom stereocenters. The fourth-order valence-electron chi connectivity index (χ4n) is 1.40. The van der Waals surface area contributed by atoms with Crippen molar-refractivity contribution < 1.29 is 28.8 Å². The van der Waals surface area contributed by atoms with Gasteiger partial charge in [0, 0.05) is 13.3 Å². The van der Waals surface area contributed by atoms with E-state index < -0.39 is 5.97 Å². The molecule has 0 saturated carbocycles. The summed E-state index contributed by atoms with van der Waals surface area (Å²) in [6, 6.07) is 3.13. The van der Waals surface area contributed by atoms with Crippen LogP contribution in [0, 0.1) is 0 Å². The quantitative estimate of drug-likeness (QED) is 0.575. The second kappa shape index (κ2) is 11.2. The Morgan fingerprint density at radius 3 is 2.19 bits per heavy atom. The van der Waals surface area contributed by atoms with Crippen molar-refractivity contribution in [3.8, 4) is 0 Å². The number of rotatable bonds is 12. The molecule has 1 aromatic rings. The third-order valence-electron chi connectivity index (χ3n) is 2.50. The van der Waals surface area contributed by atoms with Gasteiger partial charge in [-0.25, -0.2) is 4.79 Å². The van der Waals surface area contributed by atoms with Crippen LogP contribution in [-0.4, -0.2) is 62.8 Å². The van der Waals surface area contributed by atoms with E-state index in [2.05, 4.69) is 4.98 Å². The zero-order valence-electron chi connectivity index (χ0n) is 12.1. The maximum Gasteiger partial charge on any atom is 0.337 e. The molecule has 0 spiro atoms. The molecule has 21 heavy (non-hydrogen) atoms. The first-order chi connectivity index (χ1) is 10.2. The van der Waals surface area contributed by atoms with Gasteiger partial charge in [0.05, 0.1) is 57.5 Å². The average molecular weight is 299 g/mol. The van der Waals surface area contributed by atoms with Crippen LogP contribution in [0.4, 0.5) is 0 Å². The molecule has 0 radical (unpaired) electrons. The van der Waals surface area contributed by atoms with Crippen LogP contribution in [0.15, 0.2) is 18.3 Å². The Kier molecular flexibility index (Phi) is 9.30. The molecule has 118 valence electrons. The molecule has 7 nitrogen and oxygen atoms in total. The Bertz CT molecular complexity index is 395. The second-order valence-electron chi connectivity index (χ2n) is 4.11. The van der Waals surface area contributed by atoms with Gasteiger partial charge in [0.15, 0.2) is 0 Å². The summed E-state index contributed by atoms with van der Waals surface area (Å²) in [5.41, 5.74) is 0.846. The second-order valence-corrected chi connectivity index (χ2v) is 4.11. The third kappa shape index (κ3) is 8.36. The van der Waals surface area contributed by atoms with Crippen molar-refractivity contribution in [3.05, 3.63) is 29.6 Å². The van der Waals surface area contributed by atoms with Crippen molar-refractivity contribution in [2.45, 2.75) is 6.61 Å². The van der Waals surface area contributed by atoms with Gasteiger partial charge in [-0.05, 0) is 12.1 Å². The van der Waals surface area contributed by atoms with Crippen molar-refractivity contribution >= 4 is 5.97 Å². The number of aromatic nitrogens is 1. The molecule has 1 heterocycles. The molecular weight excluding hydrogens is 278 g/mol. The molecular formula is C14H21NO6. The normalized spacial score (nSPS) is 10.7. The molecule has 1 aromatic heterocycles. The summed E-state index contributed by atoms with van der Waals surface area (Å²) in [6.45, 7) is 3.43. The van der Waals surface area contributed by atoms with Gasteiger partial charge in [-0.2, -0.15) is 0 Å². The van der Waals surface area contributed by atoms with Crippen LogP contribution in [0.1, 0.15) is 16.1 Å². The summed E-state index contributed by atoms with van der Waals surface area (Å²) >= 11 is 0. The Balaban J connectivity index is 1.98. The third-order valence-corrected chi connectivity index (χ3v) is 2.50. The van der Waals surface area contributed by atoms with E-state index in [1.165, 1.54) is 12.3 Å². The summed E-state index contributed by atoms with van der Waals surface area (Å²) in [5, 5.41) is 8.74. The largest absolute Gasteiger partial charge is 0.478 e. The highest BCUT2D eigenvalue weighted by Crippen LogP contribution is 2.01. The van der Waals surface area contributed by atoms with Gasteiger partial charge in [0.1, 0.15) is 0 Å². The van der Waals surface area contributed by atoms with E-state index in [9.17, 15) is 4.79 Å². The monoisotopic (exact) mass is 299 g/mol. The van der Waals surface area contributed by atoms with E-state index in [0.29, 0.717) is 51.9 Å². The number of methoxy groups -OCH3 is 1. The standard InChI is InChI=1S/C14H21NO6/c1-18-4-5-19-6-7-20-8-9-21-11-13-3-2-12(10-15-13)14(16)17/h2-3,10H,4-9,11H2,1H3,(H,16,17). The molecule has 0 fully saturated rings. The minimum atomic E-state index is -0.990. The Morgan fingerprint density at radius 1 is 1.05 bits per heavy atom. The molecule has 0 bridgehead atoms. The van der Waals surface area contributed by atoms with Crippen molar-refractivity contribution in [1.82, 2.24) is 4.98 Å². The van der Waals surface area contributed by atoms with E-state index in [-0.39, 0.29) is 5.56 Å². The number of nitrogens with zero attached hydrogens (tertiary/aromatic N) is 1. The van der Waals surface area contributed by atoms with Gasteiger partial charge >= 0.3 is 5.97 Å². The fourth-order valence-corrected chi connectivity index (χ4v) is 1.40. The number of pyridine rings is 1. The molecule has 0 aliphatic rings. The van der Waals surface area contributed by atoms with E-state index >= 15 is 0 Å². The van der Waals surface area contributed by atoms with Crippen molar-refractivity contribution in [2.24, 2.45) is 0 Å². The number of aromatic carboxylic acids is 1. The van der Waals surface area contributed by atoms with Crippen LogP contribution in [0.25, 0.3) is 0 Å². The van der Waals surface area contributed by atoms with Crippen molar-refractivity contribution in [1.29, 1.82) is 0 Å². The number of ether oxygens (including phenoxy) is 4. The lowest BCUT2D eigenvalue weighted by Crippen LogP contribution is -2.11. The number of carbonyl (C=O) groups is 1. The molecule has 0 unspecified atom stereocenters. The number of hydrogen-bond acceptors (Lipinski definition) is 6. The highest BCUT2D eigenvalue weighted by Gasteiger charge is 2.02. The summed E-state index contributed by atoms with van der Waals surface area (Å²) in [6.07, 6.45) is 1.31. The van der Waals surface area contributed by atoms with Crippen LogP contribution in [-0.2, 0) is 25.6 Å². The summed E-state index contributed by atoms with van der Waals surface area (Å²) in [5.74, 6) is -0.990. The van der Waals surface area contributed by atoms with Gasteiger partial charge in [0.2, 0.25) is 0 Å². The Labute approximate surface area is 123 Å². The molecule has 0 aliphatic heterocycles. The van der Waals surface area contributed by atoms with Crippen LogP contribution in [0.3, 0.4) is 0 Å².